The van der Waals surface area contributed by atoms with Gasteiger partial charge in [0, 0.05) is 6.54 Å². The summed E-state index contributed by atoms with van der Waals surface area (Å²) in [4.78, 5) is 27.7. The van der Waals surface area contributed by atoms with Gasteiger partial charge in [-0.1, -0.05) is 11.2 Å². The van der Waals surface area contributed by atoms with E-state index >= 15 is 0 Å². The summed E-state index contributed by atoms with van der Waals surface area (Å²) in [7, 11) is 1.43. The van der Waals surface area contributed by atoms with E-state index in [1.54, 1.807) is 0 Å². The zero-order chi connectivity index (χ0) is 12.7. The highest BCUT2D eigenvalue weighted by molar-refractivity contribution is 5.81. The summed E-state index contributed by atoms with van der Waals surface area (Å²) in [5, 5.41) is 12.0. The number of nitrogens with zero attached hydrogens (tertiary/aromatic N) is 2. The van der Waals surface area contributed by atoms with E-state index in [0.29, 0.717) is 19.5 Å². The fourth-order valence-corrected chi connectivity index (χ4v) is 1.35. The lowest BCUT2D eigenvalue weighted by atomic mass is 10.1. The van der Waals surface area contributed by atoms with Crippen molar-refractivity contribution < 1.29 is 24.3 Å². The van der Waals surface area contributed by atoms with Crippen LogP contribution in [0.5, 0.6) is 0 Å². The first-order chi connectivity index (χ1) is 8.13. The maximum absolute atomic E-state index is 11.5. The molecule has 0 aromatic heterocycles. The molecule has 1 amide bonds. The minimum atomic E-state index is -1.17. The van der Waals surface area contributed by atoms with Crippen LogP contribution >= 0.6 is 0 Å². The third-order valence-corrected chi connectivity index (χ3v) is 2.08. The molecule has 0 unspecified atom stereocenters. The average Bonchev–Trinajstić information content (AvgIpc) is 2.33. The molecule has 1 aliphatic heterocycles. The van der Waals surface area contributed by atoms with Crippen molar-refractivity contribution in [3.05, 3.63) is 11.6 Å². The second-order valence-electron chi connectivity index (χ2n) is 3.35. The molecule has 0 spiro atoms. The highest BCUT2D eigenvalue weighted by Gasteiger charge is 2.19. The molecular weight excluding hydrogens is 228 g/mol. The Morgan fingerprint density at radius 2 is 2.41 bits per heavy atom. The van der Waals surface area contributed by atoms with Crippen molar-refractivity contribution in [2.75, 3.05) is 26.8 Å². The number of carbonyl (C=O) groups excluding carboxylic acids is 1. The van der Waals surface area contributed by atoms with Crippen molar-refractivity contribution in [2.45, 2.75) is 6.42 Å². The number of carbonyl (C=O) groups is 2. The van der Waals surface area contributed by atoms with Crippen molar-refractivity contribution in [3.63, 3.8) is 0 Å². The number of carboxylic acids is 1. The van der Waals surface area contributed by atoms with Gasteiger partial charge >= 0.3 is 12.1 Å². The lowest BCUT2D eigenvalue weighted by molar-refractivity contribution is -0.140. The number of amides is 1. The monoisotopic (exact) mass is 242 g/mol. The first-order valence-corrected chi connectivity index (χ1v) is 5.02. The summed E-state index contributed by atoms with van der Waals surface area (Å²) in [5.41, 5.74) is 0.824. The van der Waals surface area contributed by atoms with Gasteiger partial charge in [0.05, 0.1) is 12.8 Å². The van der Waals surface area contributed by atoms with Crippen LogP contribution in [0.15, 0.2) is 16.8 Å². The van der Waals surface area contributed by atoms with E-state index in [2.05, 4.69) is 14.7 Å². The summed E-state index contributed by atoms with van der Waals surface area (Å²) in [6, 6.07) is 0. The van der Waals surface area contributed by atoms with E-state index in [-0.39, 0.29) is 0 Å². The first kappa shape index (κ1) is 13.0. The Morgan fingerprint density at radius 1 is 1.65 bits per heavy atom. The summed E-state index contributed by atoms with van der Waals surface area (Å²) in [6.07, 6.45) is 3.48. The molecule has 7 heteroatoms. The topological polar surface area (TPSA) is 88.4 Å². The predicted octanol–water partition coefficient (Wildman–Crippen LogP) is 0.472. The minimum Gasteiger partial charge on any atom is -0.479 e. The molecule has 0 aliphatic carbocycles. The van der Waals surface area contributed by atoms with Crippen LogP contribution < -0.4 is 0 Å². The molecule has 0 saturated carbocycles. The quantitative estimate of drug-likeness (QED) is 0.572. The Labute approximate surface area is 98.3 Å². The Kier molecular flexibility index (Phi) is 4.99. The molecular formula is C10H14N2O5. The molecule has 0 radical (unpaired) electrons. The predicted molar refractivity (Wildman–Crippen MR) is 58.8 cm³/mol. The van der Waals surface area contributed by atoms with Crippen molar-refractivity contribution in [1.29, 1.82) is 0 Å². The van der Waals surface area contributed by atoms with Crippen LogP contribution in [0, 0.1) is 0 Å². The van der Waals surface area contributed by atoms with E-state index in [0.717, 1.165) is 5.57 Å². The maximum atomic E-state index is 11.5. The summed E-state index contributed by atoms with van der Waals surface area (Å²) in [6.45, 7) is 0.217. The lowest BCUT2D eigenvalue weighted by Gasteiger charge is -2.24. The normalized spacial score (nSPS) is 15.6. The molecule has 0 fully saturated rings. The van der Waals surface area contributed by atoms with Gasteiger partial charge in [0.15, 0.2) is 6.61 Å². The molecule has 0 bridgehead atoms. The van der Waals surface area contributed by atoms with Crippen molar-refractivity contribution in [3.8, 4) is 0 Å². The second kappa shape index (κ2) is 6.51. The van der Waals surface area contributed by atoms with Gasteiger partial charge in [0.2, 0.25) is 0 Å². The van der Waals surface area contributed by atoms with Gasteiger partial charge in [-0.25, -0.2) is 9.59 Å². The third kappa shape index (κ3) is 4.54. The third-order valence-electron chi connectivity index (χ3n) is 2.08. The van der Waals surface area contributed by atoms with Crippen LogP contribution in [0.1, 0.15) is 6.42 Å². The fraction of sp³-hybridized carbons (Fsp3) is 0.500. The Balaban J connectivity index is 2.46. The largest absolute Gasteiger partial charge is 0.479 e. The van der Waals surface area contributed by atoms with Gasteiger partial charge in [-0.05, 0) is 12.0 Å². The van der Waals surface area contributed by atoms with Gasteiger partial charge in [-0.15, -0.1) is 0 Å². The lowest BCUT2D eigenvalue weighted by Crippen LogP contribution is -2.37. The van der Waals surface area contributed by atoms with Gasteiger partial charge < -0.3 is 19.6 Å². The number of hydrogen-bond acceptors (Lipinski definition) is 5. The molecule has 17 heavy (non-hydrogen) atoms. The standard InChI is InChI=1S/C10H14N2O5/c1-16-11-5-8-3-2-4-12(6-8)10(15)17-7-9(13)14/h3,5H,2,4,6-7H2,1H3,(H,13,14)/b11-5+. The number of hydrogen-bond donors (Lipinski definition) is 1. The highest BCUT2D eigenvalue weighted by atomic mass is 16.6. The number of aliphatic carboxylic acids is 1. The van der Waals surface area contributed by atoms with Crippen LogP contribution in [0.4, 0.5) is 4.79 Å². The Morgan fingerprint density at radius 3 is 3.06 bits per heavy atom. The van der Waals surface area contributed by atoms with Crippen molar-refractivity contribution in [1.82, 2.24) is 4.90 Å². The summed E-state index contributed by atoms with van der Waals surface area (Å²) < 4.78 is 4.58. The molecule has 94 valence electrons. The van der Waals surface area contributed by atoms with Crippen LogP contribution in [-0.4, -0.2) is 55.1 Å². The molecule has 1 heterocycles. The molecule has 1 aliphatic rings. The molecule has 1 N–H and O–H groups in total. The Hall–Kier alpha value is -2.05. The zero-order valence-electron chi connectivity index (χ0n) is 9.46. The number of rotatable bonds is 4. The van der Waals surface area contributed by atoms with Crippen LogP contribution in [0.25, 0.3) is 0 Å². The van der Waals surface area contributed by atoms with Crippen LogP contribution in [-0.2, 0) is 14.4 Å². The first-order valence-electron chi connectivity index (χ1n) is 5.02. The summed E-state index contributed by atoms with van der Waals surface area (Å²) in [5.74, 6) is -1.17. The van der Waals surface area contributed by atoms with Gasteiger partial charge in [-0.2, -0.15) is 0 Å². The van der Waals surface area contributed by atoms with Gasteiger partial charge in [0.25, 0.3) is 0 Å². The van der Waals surface area contributed by atoms with Crippen LogP contribution in [0.2, 0.25) is 0 Å². The molecule has 0 saturated heterocycles. The number of oxime groups is 1. The van der Waals surface area contributed by atoms with E-state index in [1.807, 2.05) is 6.08 Å². The van der Waals surface area contributed by atoms with Crippen LogP contribution in [0.3, 0.4) is 0 Å². The molecule has 7 nitrogen and oxygen atoms in total. The molecule has 0 aromatic rings. The highest BCUT2D eigenvalue weighted by Crippen LogP contribution is 2.09. The van der Waals surface area contributed by atoms with E-state index < -0.39 is 18.7 Å². The van der Waals surface area contributed by atoms with E-state index in [4.69, 9.17) is 5.11 Å². The maximum Gasteiger partial charge on any atom is 0.410 e. The number of ether oxygens (including phenoxy) is 1. The van der Waals surface area contributed by atoms with E-state index in [9.17, 15) is 9.59 Å². The number of carboxylic acid groups (broad SMARTS) is 1. The zero-order valence-corrected chi connectivity index (χ0v) is 9.46. The van der Waals surface area contributed by atoms with Crippen molar-refractivity contribution in [2.24, 2.45) is 5.16 Å². The smallest absolute Gasteiger partial charge is 0.410 e. The van der Waals surface area contributed by atoms with Gasteiger partial charge in [-0.3, -0.25) is 0 Å². The molecule has 1 rings (SSSR count). The minimum absolute atomic E-state index is 0.339. The molecule has 0 aromatic carbocycles. The van der Waals surface area contributed by atoms with Gasteiger partial charge in [0.1, 0.15) is 7.11 Å². The summed E-state index contributed by atoms with van der Waals surface area (Å²) >= 11 is 0. The SMILES string of the molecule is CO/N=C/C1=CCCN(C(=O)OCC(=O)O)C1. The molecule has 0 atom stereocenters. The Bertz CT molecular complexity index is 351. The average molecular weight is 242 g/mol. The van der Waals surface area contributed by atoms with E-state index in [1.165, 1.54) is 18.2 Å². The van der Waals surface area contributed by atoms with Crippen molar-refractivity contribution >= 4 is 18.3 Å². The fourth-order valence-electron chi connectivity index (χ4n) is 1.35. The second-order valence-corrected chi connectivity index (χ2v) is 3.35.